The second-order valence-corrected chi connectivity index (χ2v) is 11.7. The van der Waals surface area contributed by atoms with Crippen molar-refractivity contribution in [2.45, 2.75) is 91.6 Å². The molecule has 2 aromatic carbocycles. The van der Waals surface area contributed by atoms with Gasteiger partial charge in [-0.2, -0.15) is 0 Å². The van der Waals surface area contributed by atoms with E-state index in [0.717, 1.165) is 5.56 Å². The number of nitrogens with zero attached hydrogens (tertiary/aromatic N) is 1. The van der Waals surface area contributed by atoms with Gasteiger partial charge in [0.2, 0.25) is 11.8 Å². The molecule has 0 spiro atoms. The van der Waals surface area contributed by atoms with E-state index in [0.29, 0.717) is 18.5 Å². The molecule has 2 atom stereocenters. The van der Waals surface area contributed by atoms with Gasteiger partial charge in [0.1, 0.15) is 17.7 Å². The molecule has 37 heavy (non-hydrogen) atoms. The van der Waals surface area contributed by atoms with Gasteiger partial charge in [0.25, 0.3) is 0 Å². The van der Waals surface area contributed by atoms with E-state index < -0.39 is 29.3 Å². The molecule has 2 N–H and O–H groups in total. The van der Waals surface area contributed by atoms with Crippen molar-refractivity contribution in [3.63, 3.8) is 0 Å². The summed E-state index contributed by atoms with van der Waals surface area (Å²) in [4.78, 5) is 42.2. The van der Waals surface area contributed by atoms with Crippen LogP contribution in [0, 0.1) is 5.92 Å². The highest BCUT2D eigenvalue weighted by molar-refractivity contribution is 5.92. The Balaban J connectivity index is 2.46. The summed E-state index contributed by atoms with van der Waals surface area (Å²) in [6, 6.07) is 17.1. The average Bonchev–Trinajstić information content (AvgIpc) is 2.79. The Morgan fingerprint density at radius 1 is 0.865 bits per heavy atom. The lowest BCUT2D eigenvalue weighted by molar-refractivity contribution is -0.148. The monoisotopic (exact) mass is 509 g/mol. The molecule has 0 saturated heterocycles. The summed E-state index contributed by atoms with van der Waals surface area (Å²) in [7, 11) is 0. The summed E-state index contributed by atoms with van der Waals surface area (Å²) in [6.45, 7) is 15.3. The zero-order chi connectivity index (χ0) is 27.8. The summed E-state index contributed by atoms with van der Waals surface area (Å²) in [5.41, 5.74) is 0.216. The summed E-state index contributed by atoms with van der Waals surface area (Å²) in [5.74, 6) is -0.512. The molecule has 0 bridgehead atoms. The van der Waals surface area contributed by atoms with Gasteiger partial charge in [-0.3, -0.25) is 9.59 Å². The van der Waals surface area contributed by atoms with E-state index >= 15 is 0 Å². The van der Waals surface area contributed by atoms with Gasteiger partial charge in [-0.25, -0.2) is 4.79 Å². The number of rotatable bonds is 9. The van der Waals surface area contributed by atoms with Crippen LogP contribution in [0.1, 0.15) is 79.0 Å². The lowest BCUT2D eigenvalue weighted by Crippen LogP contribution is -2.58. The molecule has 2 aromatic rings. The van der Waals surface area contributed by atoms with Crippen LogP contribution in [-0.2, 0) is 20.9 Å². The molecule has 7 heteroatoms. The van der Waals surface area contributed by atoms with Crippen LogP contribution >= 0.6 is 0 Å². The molecular formula is C30H43N3O4. The number of hydrogen-bond acceptors (Lipinski definition) is 4. The first-order valence-electron chi connectivity index (χ1n) is 12.9. The number of benzene rings is 2. The molecule has 0 aliphatic rings. The standard InChI is InChI=1S/C30H43N3O4/c1-21(2)19-24(32-28(36)37-30(6,7)8)27(35)33(29(3,4)5)25(23-17-13-10-14-18-23)26(34)31-20-22-15-11-9-12-16-22/h9-18,21,24-25H,19-20H2,1-8H3,(H,31,34)(H,32,36). The Labute approximate surface area is 222 Å². The van der Waals surface area contributed by atoms with E-state index in [1.165, 1.54) is 0 Å². The summed E-state index contributed by atoms with van der Waals surface area (Å²) in [5, 5.41) is 5.79. The third-order valence-electron chi connectivity index (χ3n) is 5.59. The van der Waals surface area contributed by atoms with E-state index in [2.05, 4.69) is 10.6 Å². The maximum absolute atomic E-state index is 14.2. The van der Waals surface area contributed by atoms with Crippen LogP contribution in [0.15, 0.2) is 60.7 Å². The van der Waals surface area contributed by atoms with E-state index in [4.69, 9.17) is 4.74 Å². The average molecular weight is 510 g/mol. The van der Waals surface area contributed by atoms with Gasteiger partial charge in [-0.15, -0.1) is 0 Å². The van der Waals surface area contributed by atoms with E-state index in [9.17, 15) is 14.4 Å². The Morgan fingerprint density at radius 3 is 1.89 bits per heavy atom. The quantitative estimate of drug-likeness (QED) is 0.460. The molecule has 0 radical (unpaired) electrons. The minimum atomic E-state index is -0.896. The fourth-order valence-corrected chi connectivity index (χ4v) is 4.09. The third kappa shape index (κ3) is 9.56. The SMILES string of the molecule is CC(C)CC(NC(=O)OC(C)(C)C)C(=O)N(C(C(=O)NCc1ccccc1)c1ccccc1)C(C)(C)C. The summed E-state index contributed by atoms with van der Waals surface area (Å²) < 4.78 is 5.45. The first-order chi connectivity index (χ1) is 17.2. The third-order valence-corrected chi connectivity index (χ3v) is 5.59. The Hall–Kier alpha value is -3.35. The normalized spacial score (nSPS) is 13.4. The molecule has 2 unspecified atom stereocenters. The summed E-state index contributed by atoms with van der Waals surface area (Å²) in [6.07, 6.45) is -0.261. The van der Waals surface area contributed by atoms with Crippen LogP contribution in [0.4, 0.5) is 4.79 Å². The van der Waals surface area contributed by atoms with Crippen molar-refractivity contribution < 1.29 is 19.1 Å². The van der Waals surface area contributed by atoms with Gasteiger partial charge in [-0.1, -0.05) is 74.5 Å². The van der Waals surface area contributed by atoms with Crippen molar-refractivity contribution in [1.82, 2.24) is 15.5 Å². The minimum absolute atomic E-state index is 0.118. The minimum Gasteiger partial charge on any atom is -0.444 e. The highest BCUT2D eigenvalue weighted by Crippen LogP contribution is 2.31. The predicted octanol–water partition coefficient (Wildman–Crippen LogP) is 5.61. The van der Waals surface area contributed by atoms with E-state index in [1.54, 1.807) is 25.7 Å². The molecule has 0 aliphatic heterocycles. The van der Waals surface area contributed by atoms with E-state index in [1.807, 2.05) is 95.3 Å². The number of alkyl carbamates (subject to hydrolysis) is 1. The number of hydrogen-bond donors (Lipinski definition) is 2. The molecule has 0 heterocycles. The van der Waals surface area contributed by atoms with Gasteiger partial charge >= 0.3 is 6.09 Å². The highest BCUT2D eigenvalue weighted by Gasteiger charge is 2.41. The van der Waals surface area contributed by atoms with Crippen LogP contribution < -0.4 is 10.6 Å². The molecule has 0 aliphatic carbocycles. The van der Waals surface area contributed by atoms with Crippen LogP contribution in [-0.4, -0.2) is 40.0 Å². The van der Waals surface area contributed by atoms with Gasteiger partial charge in [-0.05, 0) is 65.0 Å². The second kappa shape index (κ2) is 12.7. The van der Waals surface area contributed by atoms with Gasteiger partial charge in [0.15, 0.2) is 0 Å². The maximum Gasteiger partial charge on any atom is 0.408 e. The molecular weight excluding hydrogens is 466 g/mol. The second-order valence-electron chi connectivity index (χ2n) is 11.7. The van der Waals surface area contributed by atoms with Crippen molar-refractivity contribution in [3.05, 3.63) is 71.8 Å². The highest BCUT2D eigenvalue weighted by atomic mass is 16.6. The number of nitrogens with one attached hydrogen (secondary N) is 2. The van der Waals surface area contributed by atoms with Crippen molar-refractivity contribution in [2.24, 2.45) is 5.92 Å². The van der Waals surface area contributed by atoms with Crippen LogP contribution in [0.5, 0.6) is 0 Å². The zero-order valence-electron chi connectivity index (χ0n) is 23.5. The van der Waals surface area contributed by atoms with Gasteiger partial charge in [0, 0.05) is 12.1 Å². The lowest BCUT2D eigenvalue weighted by Gasteiger charge is -2.43. The molecule has 2 rings (SSSR count). The molecule has 202 valence electrons. The van der Waals surface area contributed by atoms with Crippen molar-refractivity contribution in [3.8, 4) is 0 Å². The molecule has 0 aromatic heterocycles. The van der Waals surface area contributed by atoms with Crippen molar-refractivity contribution in [2.75, 3.05) is 0 Å². The van der Waals surface area contributed by atoms with Crippen LogP contribution in [0.2, 0.25) is 0 Å². The van der Waals surface area contributed by atoms with Crippen molar-refractivity contribution in [1.29, 1.82) is 0 Å². The summed E-state index contributed by atoms with van der Waals surface area (Å²) >= 11 is 0. The van der Waals surface area contributed by atoms with Gasteiger partial charge < -0.3 is 20.3 Å². The topological polar surface area (TPSA) is 87.7 Å². The van der Waals surface area contributed by atoms with E-state index in [-0.39, 0.29) is 17.7 Å². The molecule has 3 amide bonds. The number of amides is 3. The fourth-order valence-electron chi connectivity index (χ4n) is 4.09. The Bertz CT molecular complexity index is 1020. The van der Waals surface area contributed by atoms with Crippen LogP contribution in [0.3, 0.4) is 0 Å². The fraction of sp³-hybridized carbons (Fsp3) is 0.500. The van der Waals surface area contributed by atoms with Gasteiger partial charge in [0.05, 0.1) is 0 Å². The number of carbonyl (C=O) groups is 3. The Morgan fingerprint density at radius 2 is 1.41 bits per heavy atom. The number of carbonyl (C=O) groups excluding carboxylic acids is 3. The maximum atomic E-state index is 14.2. The molecule has 0 fully saturated rings. The number of ether oxygens (including phenoxy) is 1. The largest absolute Gasteiger partial charge is 0.444 e. The smallest absolute Gasteiger partial charge is 0.408 e. The predicted molar refractivity (Wildman–Crippen MR) is 147 cm³/mol. The Kier molecular flexibility index (Phi) is 10.3. The van der Waals surface area contributed by atoms with Crippen molar-refractivity contribution >= 4 is 17.9 Å². The first kappa shape index (κ1) is 29.9. The lowest BCUT2D eigenvalue weighted by atomic mass is 9.93. The molecule has 0 saturated carbocycles. The van der Waals surface area contributed by atoms with Crippen LogP contribution in [0.25, 0.3) is 0 Å². The molecule has 7 nitrogen and oxygen atoms in total. The first-order valence-corrected chi connectivity index (χ1v) is 12.9. The zero-order valence-corrected chi connectivity index (χ0v) is 23.5.